The Kier molecular flexibility index (Phi) is 5.78. The third kappa shape index (κ3) is 4.74. The van der Waals surface area contributed by atoms with Gasteiger partial charge in [0.15, 0.2) is 11.8 Å². The summed E-state index contributed by atoms with van der Waals surface area (Å²) in [6, 6.07) is 12.3. The quantitative estimate of drug-likeness (QED) is 0.652. The predicted octanol–water partition coefficient (Wildman–Crippen LogP) is 2.26. The Labute approximate surface area is 138 Å². The van der Waals surface area contributed by atoms with Gasteiger partial charge in [-0.15, -0.1) is 0 Å². The molecule has 0 aliphatic heterocycles. The molecule has 1 unspecified atom stereocenters. The van der Waals surface area contributed by atoms with Crippen molar-refractivity contribution >= 4 is 17.7 Å². The third-order valence-electron chi connectivity index (χ3n) is 3.25. The molecule has 24 heavy (non-hydrogen) atoms. The Balaban J connectivity index is 2.00. The average Bonchev–Trinajstić information content (AvgIpc) is 2.58. The summed E-state index contributed by atoms with van der Waals surface area (Å²) >= 11 is 0. The molecule has 1 atom stereocenters. The molecule has 0 aliphatic carbocycles. The van der Waals surface area contributed by atoms with Crippen molar-refractivity contribution in [1.29, 1.82) is 0 Å². The minimum Gasteiger partial charge on any atom is -0.459 e. The number of hydrogen-bond donors (Lipinski definition) is 1. The fourth-order valence-corrected chi connectivity index (χ4v) is 1.95. The van der Waals surface area contributed by atoms with E-state index in [0.29, 0.717) is 0 Å². The van der Waals surface area contributed by atoms with Gasteiger partial charge in [-0.05, 0) is 36.8 Å². The SMILES string of the molecule is CC(=O)C(NC(=O)c1ccc(F)cc1)C(=O)OCc1ccccc1. The highest BCUT2D eigenvalue weighted by molar-refractivity contribution is 6.07. The number of benzene rings is 2. The first-order valence-electron chi connectivity index (χ1n) is 7.25. The number of rotatable bonds is 6. The van der Waals surface area contributed by atoms with Gasteiger partial charge >= 0.3 is 5.97 Å². The standard InChI is InChI=1S/C18H16FNO4/c1-12(21)16(18(23)24-11-13-5-3-2-4-6-13)20-17(22)14-7-9-15(19)10-8-14/h2-10,16H,11H2,1H3,(H,20,22). The number of carbonyl (C=O) groups is 3. The summed E-state index contributed by atoms with van der Waals surface area (Å²) in [7, 11) is 0. The third-order valence-corrected chi connectivity index (χ3v) is 3.25. The van der Waals surface area contributed by atoms with E-state index in [-0.39, 0.29) is 12.2 Å². The summed E-state index contributed by atoms with van der Waals surface area (Å²) in [4.78, 5) is 35.8. The summed E-state index contributed by atoms with van der Waals surface area (Å²) in [6.45, 7) is 1.18. The van der Waals surface area contributed by atoms with Crippen LogP contribution in [0.3, 0.4) is 0 Å². The van der Waals surface area contributed by atoms with Crippen molar-refractivity contribution in [3.8, 4) is 0 Å². The Hall–Kier alpha value is -3.02. The normalized spacial score (nSPS) is 11.4. The second-order valence-electron chi connectivity index (χ2n) is 5.12. The highest BCUT2D eigenvalue weighted by Crippen LogP contribution is 2.05. The molecule has 0 bridgehead atoms. The zero-order valence-corrected chi connectivity index (χ0v) is 13.0. The van der Waals surface area contributed by atoms with Crippen LogP contribution in [-0.2, 0) is 20.9 Å². The molecule has 1 amide bonds. The molecule has 0 aliphatic rings. The van der Waals surface area contributed by atoms with Gasteiger partial charge in [-0.3, -0.25) is 9.59 Å². The highest BCUT2D eigenvalue weighted by Gasteiger charge is 2.27. The number of ether oxygens (including phenoxy) is 1. The molecule has 2 aromatic rings. The number of ketones is 1. The van der Waals surface area contributed by atoms with Crippen molar-refractivity contribution in [2.24, 2.45) is 0 Å². The molecule has 2 rings (SSSR count). The molecular formula is C18H16FNO4. The van der Waals surface area contributed by atoms with E-state index in [1.54, 1.807) is 24.3 Å². The summed E-state index contributed by atoms with van der Waals surface area (Å²) in [5, 5.41) is 2.30. The fraction of sp³-hybridized carbons (Fsp3) is 0.167. The van der Waals surface area contributed by atoms with Crippen molar-refractivity contribution in [2.45, 2.75) is 19.6 Å². The van der Waals surface area contributed by atoms with E-state index in [9.17, 15) is 18.8 Å². The minimum absolute atomic E-state index is 0.00410. The van der Waals surface area contributed by atoms with Crippen molar-refractivity contribution in [2.75, 3.05) is 0 Å². The predicted molar refractivity (Wildman–Crippen MR) is 84.6 cm³/mol. The molecule has 0 fully saturated rings. The van der Waals surface area contributed by atoms with E-state index in [2.05, 4.69) is 5.32 Å². The van der Waals surface area contributed by atoms with Crippen LogP contribution in [0.1, 0.15) is 22.8 Å². The highest BCUT2D eigenvalue weighted by atomic mass is 19.1. The molecule has 1 N–H and O–H groups in total. The first-order chi connectivity index (χ1) is 11.5. The van der Waals surface area contributed by atoms with Gasteiger partial charge in [-0.25, -0.2) is 9.18 Å². The number of Topliss-reactive ketones (excluding diaryl/α,β-unsaturated/α-hetero) is 1. The second kappa shape index (κ2) is 8.01. The Morgan fingerprint density at radius 2 is 1.67 bits per heavy atom. The number of hydrogen-bond acceptors (Lipinski definition) is 4. The monoisotopic (exact) mass is 329 g/mol. The molecule has 0 saturated heterocycles. The summed E-state index contributed by atoms with van der Waals surface area (Å²) in [5.74, 6) is -2.55. The smallest absolute Gasteiger partial charge is 0.336 e. The van der Waals surface area contributed by atoms with Crippen LogP contribution in [0, 0.1) is 5.82 Å². The van der Waals surface area contributed by atoms with Gasteiger partial charge in [0, 0.05) is 5.56 Å². The van der Waals surface area contributed by atoms with Crippen LogP contribution in [0.4, 0.5) is 4.39 Å². The summed E-state index contributed by atoms with van der Waals surface area (Å²) < 4.78 is 17.9. The molecule has 0 radical (unpaired) electrons. The van der Waals surface area contributed by atoms with E-state index in [0.717, 1.165) is 17.7 Å². The maximum atomic E-state index is 12.9. The van der Waals surface area contributed by atoms with Crippen LogP contribution >= 0.6 is 0 Å². The Morgan fingerprint density at radius 3 is 2.25 bits per heavy atom. The van der Waals surface area contributed by atoms with Crippen molar-refractivity contribution in [1.82, 2.24) is 5.32 Å². The molecule has 6 heteroatoms. The zero-order chi connectivity index (χ0) is 17.5. The van der Waals surface area contributed by atoms with Crippen LogP contribution < -0.4 is 5.32 Å². The van der Waals surface area contributed by atoms with E-state index >= 15 is 0 Å². The summed E-state index contributed by atoms with van der Waals surface area (Å²) in [6.07, 6.45) is 0. The molecular weight excluding hydrogens is 313 g/mol. The molecule has 124 valence electrons. The molecule has 0 saturated carbocycles. The van der Waals surface area contributed by atoms with E-state index in [4.69, 9.17) is 4.74 Å². The van der Waals surface area contributed by atoms with Gasteiger partial charge in [-0.2, -0.15) is 0 Å². The zero-order valence-electron chi connectivity index (χ0n) is 13.0. The van der Waals surface area contributed by atoms with E-state index in [1.807, 2.05) is 6.07 Å². The first-order valence-corrected chi connectivity index (χ1v) is 7.25. The molecule has 0 heterocycles. The average molecular weight is 329 g/mol. The van der Waals surface area contributed by atoms with Crippen molar-refractivity contribution in [3.05, 3.63) is 71.5 Å². The van der Waals surface area contributed by atoms with Gasteiger partial charge in [0.25, 0.3) is 5.91 Å². The second-order valence-corrected chi connectivity index (χ2v) is 5.12. The topological polar surface area (TPSA) is 72.5 Å². The maximum absolute atomic E-state index is 12.9. The van der Waals surface area contributed by atoms with Gasteiger partial charge in [0.2, 0.25) is 0 Å². The number of amides is 1. The van der Waals surface area contributed by atoms with Gasteiger partial charge < -0.3 is 10.1 Å². The fourth-order valence-electron chi connectivity index (χ4n) is 1.95. The Bertz CT molecular complexity index is 728. The Morgan fingerprint density at radius 1 is 1.04 bits per heavy atom. The maximum Gasteiger partial charge on any atom is 0.336 e. The lowest BCUT2D eigenvalue weighted by Crippen LogP contribution is -2.46. The number of halogens is 1. The van der Waals surface area contributed by atoms with Gasteiger partial charge in [0.05, 0.1) is 0 Å². The van der Waals surface area contributed by atoms with Crippen LogP contribution in [0.2, 0.25) is 0 Å². The molecule has 0 spiro atoms. The van der Waals surface area contributed by atoms with Crippen LogP contribution in [-0.4, -0.2) is 23.7 Å². The van der Waals surface area contributed by atoms with Crippen molar-refractivity contribution < 1.29 is 23.5 Å². The van der Waals surface area contributed by atoms with Crippen LogP contribution in [0.5, 0.6) is 0 Å². The lowest BCUT2D eigenvalue weighted by molar-refractivity contribution is -0.149. The largest absolute Gasteiger partial charge is 0.459 e. The first kappa shape index (κ1) is 17.3. The minimum atomic E-state index is -1.41. The van der Waals surface area contributed by atoms with Gasteiger partial charge in [-0.1, -0.05) is 30.3 Å². The summed E-state index contributed by atoms with van der Waals surface area (Å²) in [5.41, 5.74) is 0.900. The van der Waals surface area contributed by atoms with Gasteiger partial charge in [0.1, 0.15) is 12.4 Å². The molecule has 5 nitrogen and oxygen atoms in total. The lowest BCUT2D eigenvalue weighted by Gasteiger charge is -2.15. The number of esters is 1. The number of carbonyl (C=O) groups excluding carboxylic acids is 3. The van der Waals surface area contributed by atoms with Crippen molar-refractivity contribution in [3.63, 3.8) is 0 Å². The molecule has 0 aromatic heterocycles. The van der Waals surface area contributed by atoms with Crippen LogP contribution in [0.15, 0.2) is 54.6 Å². The van der Waals surface area contributed by atoms with Crippen LogP contribution in [0.25, 0.3) is 0 Å². The molecule has 2 aromatic carbocycles. The van der Waals surface area contributed by atoms with E-state index in [1.165, 1.54) is 19.1 Å². The van der Waals surface area contributed by atoms with E-state index < -0.39 is 29.5 Å². The lowest BCUT2D eigenvalue weighted by atomic mass is 10.1. The number of nitrogens with one attached hydrogen (secondary N) is 1.